The van der Waals surface area contributed by atoms with Gasteiger partial charge >= 0.3 is 0 Å². The molecular weight excluding hydrogens is 374 g/mol. The van der Waals surface area contributed by atoms with E-state index in [-0.39, 0.29) is 12.7 Å². The van der Waals surface area contributed by atoms with E-state index in [1.807, 2.05) is 24.3 Å². The molecule has 0 spiro atoms. The van der Waals surface area contributed by atoms with Crippen LogP contribution in [-0.4, -0.2) is 52.6 Å². The van der Waals surface area contributed by atoms with Gasteiger partial charge in [-0.3, -0.25) is 4.90 Å². The molecule has 2 fully saturated rings. The standard InChI is InChI=1S/C21H25N3O3S/c1-2-3-11-25-18-8-4-6-16(13-18)7-5-12-26-20-21(23-28-22-20)27-19-15-24-10-9-17(19)14-24/h4,6,8,13,17,19H,2-3,9-12,14-15H2,1H3. The molecule has 28 heavy (non-hydrogen) atoms. The zero-order chi connectivity index (χ0) is 19.2. The number of rotatable bonds is 8. The third kappa shape index (κ3) is 4.75. The lowest BCUT2D eigenvalue weighted by Crippen LogP contribution is -2.32. The van der Waals surface area contributed by atoms with Crippen molar-refractivity contribution in [3.8, 4) is 29.4 Å². The molecule has 3 unspecified atom stereocenters. The third-order valence-corrected chi connectivity index (χ3v) is 5.58. The fourth-order valence-electron chi connectivity index (χ4n) is 3.59. The molecule has 2 bridgehead atoms. The van der Waals surface area contributed by atoms with Gasteiger partial charge in [0.05, 0.1) is 18.3 Å². The van der Waals surface area contributed by atoms with Gasteiger partial charge in [-0.2, -0.15) is 0 Å². The van der Waals surface area contributed by atoms with E-state index in [2.05, 4.69) is 32.4 Å². The minimum atomic E-state index is 0.196. The number of unbranched alkanes of at least 4 members (excludes halogenated alkanes) is 1. The average Bonchev–Trinajstić information content (AvgIpc) is 3.44. The first-order chi connectivity index (χ1) is 13.8. The van der Waals surface area contributed by atoms with Crippen LogP contribution in [0.1, 0.15) is 31.7 Å². The molecule has 2 saturated heterocycles. The zero-order valence-corrected chi connectivity index (χ0v) is 16.9. The molecule has 0 amide bonds. The largest absolute Gasteiger partial charge is 0.494 e. The summed E-state index contributed by atoms with van der Waals surface area (Å²) in [5.41, 5.74) is 0.904. The van der Waals surface area contributed by atoms with Crippen LogP contribution in [-0.2, 0) is 0 Å². The minimum absolute atomic E-state index is 0.196. The molecule has 4 rings (SSSR count). The van der Waals surface area contributed by atoms with Gasteiger partial charge in [-0.15, -0.1) is 8.75 Å². The molecule has 0 saturated carbocycles. The number of hydrogen-bond donors (Lipinski definition) is 0. The predicted molar refractivity (Wildman–Crippen MR) is 108 cm³/mol. The molecule has 0 N–H and O–H groups in total. The lowest BCUT2D eigenvalue weighted by molar-refractivity contribution is 0.131. The first-order valence-corrected chi connectivity index (χ1v) is 10.6. The van der Waals surface area contributed by atoms with E-state index in [0.717, 1.165) is 55.6 Å². The van der Waals surface area contributed by atoms with Crippen LogP contribution in [0.3, 0.4) is 0 Å². The van der Waals surface area contributed by atoms with Crippen molar-refractivity contribution in [2.24, 2.45) is 5.92 Å². The molecule has 6 nitrogen and oxygen atoms in total. The molecule has 0 radical (unpaired) electrons. The highest BCUT2D eigenvalue weighted by molar-refractivity contribution is 6.99. The fraction of sp³-hybridized carbons (Fsp3) is 0.524. The van der Waals surface area contributed by atoms with Crippen molar-refractivity contribution in [2.75, 3.05) is 32.8 Å². The summed E-state index contributed by atoms with van der Waals surface area (Å²) in [5, 5.41) is 0. The monoisotopic (exact) mass is 399 g/mol. The normalized spacial score (nSPS) is 22.5. The van der Waals surface area contributed by atoms with Crippen molar-refractivity contribution in [3.63, 3.8) is 0 Å². The Balaban J connectivity index is 1.28. The van der Waals surface area contributed by atoms with Gasteiger partial charge < -0.3 is 14.2 Å². The Hall–Kier alpha value is -2.30. The Kier molecular flexibility index (Phi) is 6.30. The summed E-state index contributed by atoms with van der Waals surface area (Å²) in [7, 11) is 0. The van der Waals surface area contributed by atoms with Crippen molar-refractivity contribution >= 4 is 11.7 Å². The second-order valence-corrected chi connectivity index (χ2v) is 7.69. The molecule has 2 aliphatic rings. The molecule has 1 aromatic carbocycles. The molecule has 148 valence electrons. The van der Waals surface area contributed by atoms with Crippen LogP contribution < -0.4 is 14.2 Å². The lowest BCUT2D eigenvalue weighted by atomic mass is 10.0. The SMILES string of the molecule is CCCCOc1cccc(C#CCOc2nsnc2OC2CN3CCC2C3)c1. The van der Waals surface area contributed by atoms with E-state index in [4.69, 9.17) is 14.2 Å². The first kappa shape index (κ1) is 19.0. The number of hydrogen-bond acceptors (Lipinski definition) is 7. The van der Waals surface area contributed by atoms with Crippen LogP contribution in [0.4, 0.5) is 0 Å². The van der Waals surface area contributed by atoms with Gasteiger partial charge in [-0.1, -0.05) is 31.3 Å². The summed E-state index contributed by atoms with van der Waals surface area (Å²) in [4.78, 5) is 2.43. The van der Waals surface area contributed by atoms with E-state index >= 15 is 0 Å². The van der Waals surface area contributed by atoms with Gasteiger partial charge in [0.25, 0.3) is 11.8 Å². The summed E-state index contributed by atoms with van der Waals surface area (Å²) < 4.78 is 25.9. The topological polar surface area (TPSA) is 56.7 Å². The van der Waals surface area contributed by atoms with Gasteiger partial charge in [-0.05, 0) is 37.6 Å². The van der Waals surface area contributed by atoms with E-state index in [9.17, 15) is 0 Å². The summed E-state index contributed by atoms with van der Waals surface area (Å²) in [6.07, 6.45) is 3.57. The maximum absolute atomic E-state index is 6.06. The van der Waals surface area contributed by atoms with Crippen LogP contribution in [0.2, 0.25) is 0 Å². The van der Waals surface area contributed by atoms with Gasteiger partial charge in [0.2, 0.25) is 0 Å². The van der Waals surface area contributed by atoms with Crippen molar-refractivity contribution in [3.05, 3.63) is 29.8 Å². The molecular formula is C21H25N3O3S. The van der Waals surface area contributed by atoms with Crippen LogP contribution >= 0.6 is 11.7 Å². The summed E-state index contributed by atoms with van der Waals surface area (Å²) in [6, 6.07) is 7.82. The van der Waals surface area contributed by atoms with Crippen molar-refractivity contribution < 1.29 is 14.2 Å². The van der Waals surface area contributed by atoms with Gasteiger partial charge in [0.15, 0.2) is 6.61 Å². The highest BCUT2D eigenvalue weighted by Gasteiger charge is 2.40. The van der Waals surface area contributed by atoms with E-state index in [1.165, 1.54) is 13.0 Å². The number of ether oxygens (including phenoxy) is 3. The smallest absolute Gasteiger partial charge is 0.292 e. The first-order valence-electron chi connectivity index (χ1n) is 9.88. The van der Waals surface area contributed by atoms with Gasteiger partial charge in [-0.25, -0.2) is 0 Å². The molecule has 3 atom stereocenters. The Morgan fingerprint density at radius 2 is 2.14 bits per heavy atom. The van der Waals surface area contributed by atoms with E-state index in [0.29, 0.717) is 17.7 Å². The number of aromatic nitrogens is 2. The second kappa shape index (κ2) is 9.26. The highest BCUT2D eigenvalue weighted by Crippen LogP contribution is 2.33. The number of piperidine rings is 1. The number of benzene rings is 1. The third-order valence-electron chi connectivity index (χ3n) is 5.08. The Morgan fingerprint density at radius 3 is 2.96 bits per heavy atom. The molecule has 2 aliphatic heterocycles. The summed E-state index contributed by atoms with van der Waals surface area (Å²) in [5.74, 6) is 8.52. The summed E-state index contributed by atoms with van der Waals surface area (Å²) >= 11 is 1.11. The van der Waals surface area contributed by atoms with Crippen LogP contribution in [0.5, 0.6) is 17.5 Å². The fourth-order valence-corrected chi connectivity index (χ4v) is 4.03. The van der Waals surface area contributed by atoms with Crippen molar-refractivity contribution in [1.82, 2.24) is 13.6 Å². The Morgan fingerprint density at radius 1 is 1.21 bits per heavy atom. The Bertz CT molecular complexity index is 845. The molecule has 2 aromatic rings. The van der Waals surface area contributed by atoms with Crippen LogP contribution in [0.15, 0.2) is 24.3 Å². The zero-order valence-electron chi connectivity index (χ0n) is 16.1. The molecule has 7 heteroatoms. The van der Waals surface area contributed by atoms with Gasteiger partial charge in [0, 0.05) is 24.6 Å². The average molecular weight is 400 g/mol. The predicted octanol–water partition coefficient (Wildman–Crippen LogP) is 3.23. The quantitative estimate of drug-likeness (QED) is 0.502. The Labute approximate surface area is 170 Å². The number of nitrogens with zero attached hydrogens (tertiary/aromatic N) is 3. The van der Waals surface area contributed by atoms with Gasteiger partial charge in [0.1, 0.15) is 11.9 Å². The van der Waals surface area contributed by atoms with E-state index in [1.54, 1.807) is 0 Å². The van der Waals surface area contributed by atoms with Crippen LogP contribution in [0.25, 0.3) is 0 Å². The van der Waals surface area contributed by atoms with Crippen molar-refractivity contribution in [2.45, 2.75) is 32.3 Å². The molecule has 0 aliphatic carbocycles. The minimum Gasteiger partial charge on any atom is -0.494 e. The molecule has 1 aromatic heterocycles. The highest BCUT2D eigenvalue weighted by atomic mass is 32.1. The van der Waals surface area contributed by atoms with Crippen LogP contribution in [0, 0.1) is 17.8 Å². The lowest BCUT2D eigenvalue weighted by Gasteiger charge is -2.22. The number of fused-ring (bicyclic) bond motifs is 2. The maximum Gasteiger partial charge on any atom is 0.292 e. The molecule has 3 heterocycles. The summed E-state index contributed by atoms with van der Waals surface area (Å²) in [6.45, 7) is 6.40. The maximum atomic E-state index is 6.06. The van der Waals surface area contributed by atoms with E-state index < -0.39 is 0 Å². The van der Waals surface area contributed by atoms with Crippen molar-refractivity contribution in [1.29, 1.82) is 0 Å². The second-order valence-electron chi connectivity index (χ2n) is 7.16.